The average molecular weight is 478 g/mol. The molecule has 1 nitrogen and oxygen atoms in total. The Bertz CT molecular complexity index is 1840. The van der Waals surface area contributed by atoms with Crippen molar-refractivity contribution in [3.05, 3.63) is 133 Å². The van der Waals surface area contributed by atoms with Crippen LogP contribution in [0.25, 0.3) is 53.2 Å². The molecular weight excluding hydrogens is 454 g/mol. The smallest absolute Gasteiger partial charge is 0.0478 e. The maximum Gasteiger partial charge on any atom is 0.0478 e. The Morgan fingerprint density at radius 3 is 1.86 bits per heavy atom. The molecular formula is C34H23NS. The molecule has 0 bridgehead atoms. The second kappa shape index (κ2) is 8.67. The molecule has 0 aliphatic heterocycles. The van der Waals surface area contributed by atoms with Gasteiger partial charge in [0.05, 0.1) is 0 Å². The lowest BCUT2D eigenvalue weighted by molar-refractivity contribution is 1.57. The second-order valence-corrected chi connectivity index (χ2v) is 10.1. The van der Waals surface area contributed by atoms with E-state index in [1.807, 2.05) is 11.3 Å². The van der Waals surface area contributed by atoms with Crippen LogP contribution in [0.2, 0.25) is 0 Å². The van der Waals surface area contributed by atoms with Crippen LogP contribution in [0.3, 0.4) is 0 Å². The van der Waals surface area contributed by atoms with Crippen molar-refractivity contribution in [3.63, 3.8) is 0 Å². The number of fused-ring (bicyclic) bond motifs is 4. The van der Waals surface area contributed by atoms with Crippen LogP contribution in [-0.4, -0.2) is 0 Å². The van der Waals surface area contributed by atoms with Crippen molar-refractivity contribution in [2.45, 2.75) is 0 Å². The molecule has 0 unspecified atom stereocenters. The Balaban J connectivity index is 1.29. The highest BCUT2D eigenvalue weighted by Gasteiger charge is 2.11. The highest BCUT2D eigenvalue weighted by atomic mass is 32.1. The van der Waals surface area contributed by atoms with Gasteiger partial charge in [0, 0.05) is 31.5 Å². The van der Waals surface area contributed by atoms with Crippen molar-refractivity contribution >= 4 is 53.7 Å². The van der Waals surface area contributed by atoms with E-state index in [2.05, 4.69) is 139 Å². The Morgan fingerprint density at radius 2 is 1.08 bits per heavy atom. The van der Waals surface area contributed by atoms with E-state index < -0.39 is 0 Å². The maximum atomic E-state index is 3.68. The van der Waals surface area contributed by atoms with Gasteiger partial charge in [-0.05, 0) is 63.4 Å². The molecule has 170 valence electrons. The van der Waals surface area contributed by atoms with Crippen LogP contribution in [0.4, 0.5) is 11.4 Å². The maximum absolute atomic E-state index is 3.68. The van der Waals surface area contributed by atoms with Crippen LogP contribution >= 0.6 is 11.3 Å². The molecule has 2 heteroatoms. The normalized spacial score (nSPS) is 11.3. The van der Waals surface area contributed by atoms with Crippen LogP contribution in [0, 0.1) is 0 Å². The highest BCUT2D eigenvalue weighted by Crippen LogP contribution is 2.40. The van der Waals surface area contributed by atoms with Gasteiger partial charge in [-0.15, -0.1) is 11.3 Å². The van der Waals surface area contributed by atoms with Gasteiger partial charge in [-0.25, -0.2) is 0 Å². The first kappa shape index (κ1) is 20.9. The van der Waals surface area contributed by atoms with Crippen LogP contribution in [0.5, 0.6) is 0 Å². The van der Waals surface area contributed by atoms with Crippen LogP contribution < -0.4 is 5.32 Å². The molecule has 1 heterocycles. The van der Waals surface area contributed by atoms with E-state index in [0.29, 0.717) is 0 Å². The molecule has 0 amide bonds. The molecule has 7 aromatic rings. The highest BCUT2D eigenvalue weighted by molar-refractivity contribution is 7.25. The van der Waals surface area contributed by atoms with Gasteiger partial charge in [-0.1, -0.05) is 103 Å². The second-order valence-electron chi connectivity index (χ2n) is 9.05. The Kier molecular flexibility index (Phi) is 5.04. The summed E-state index contributed by atoms with van der Waals surface area (Å²) in [6, 6.07) is 47.8. The average Bonchev–Trinajstić information content (AvgIpc) is 3.33. The fourth-order valence-electron chi connectivity index (χ4n) is 5.21. The Hall–Kier alpha value is -4.40. The zero-order valence-electron chi connectivity index (χ0n) is 19.6. The largest absolute Gasteiger partial charge is 0.355 e. The van der Waals surface area contributed by atoms with Crippen molar-refractivity contribution in [2.75, 3.05) is 5.32 Å². The van der Waals surface area contributed by atoms with Gasteiger partial charge in [-0.3, -0.25) is 0 Å². The fourth-order valence-corrected chi connectivity index (χ4v) is 6.34. The molecule has 1 aromatic heterocycles. The number of hydrogen-bond acceptors (Lipinski definition) is 2. The summed E-state index contributed by atoms with van der Waals surface area (Å²) < 4.78 is 2.63. The van der Waals surface area contributed by atoms with E-state index in [1.54, 1.807) is 0 Å². The lowest BCUT2D eigenvalue weighted by Gasteiger charge is -2.14. The number of thiophene rings is 1. The first-order valence-corrected chi connectivity index (χ1v) is 13.0. The van der Waals surface area contributed by atoms with Crippen molar-refractivity contribution in [2.24, 2.45) is 0 Å². The number of anilines is 2. The van der Waals surface area contributed by atoms with Gasteiger partial charge in [0.15, 0.2) is 0 Å². The summed E-state index contributed by atoms with van der Waals surface area (Å²) in [6.45, 7) is 0. The van der Waals surface area contributed by atoms with Gasteiger partial charge in [-0.2, -0.15) is 0 Å². The topological polar surface area (TPSA) is 12.0 Å². The minimum Gasteiger partial charge on any atom is -0.355 e. The van der Waals surface area contributed by atoms with Gasteiger partial charge >= 0.3 is 0 Å². The van der Waals surface area contributed by atoms with E-state index in [4.69, 9.17) is 0 Å². The van der Waals surface area contributed by atoms with Crippen LogP contribution in [0.1, 0.15) is 0 Å². The molecule has 0 aliphatic carbocycles. The third kappa shape index (κ3) is 3.55. The molecule has 36 heavy (non-hydrogen) atoms. The third-order valence-electron chi connectivity index (χ3n) is 6.87. The van der Waals surface area contributed by atoms with Crippen LogP contribution in [-0.2, 0) is 0 Å². The fraction of sp³-hybridized carbons (Fsp3) is 0. The van der Waals surface area contributed by atoms with E-state index in [-0.39, 0.29) is 0 Å². The molecule has 0 radical (unpaired) electrons. The molecule has 0 atom stereocenters. The van der Waals surface area contributed by atoms with E-state index >= 15 is 0 Å². The zero-order chi connectivity index (χ0) is 23.9. The SMILES string of the molecule is c1ccc(-c2cccc3cccc(-c4ccc(Nc5cccc6sc7ccccc7c56)cc4)c23)cc1. The molecule has 1 N–H and O–H groups in total. The number of benzene rings is 6. The summed E-state index contributed by atoms with van der Waals surface area (Å²) in [5.41, 5.74) is 7.21. The Labute approximate surface area is 214 Å². The minimum atomic E-state index is 1.09. The molecule has 6 aromatic carbocycles. The minimum absolute atomic E-state index is 1.09. The summed E-state index contributed by atoms with van der Waals surface area (Å²) in [4.78, 5) is 0. The quantitative estimate of drug-likeness (QED) is 0.266. The lowest BCUT2D eigenvalue weighted by Crippen LogP contribution is -1.91. The molecule has 7 rings (SSSR count). The summed E-state index contributed by atoms with van der Waals surface area (Å²) in [7, 11) is 0. The summed E-state index contributed by atoms with van der Waals surface area (Å²) in [6.07, 6.45) is 0. The van der Waals surface area contributed by atoms with E-state index in [0.717, 1.165) is 11.4 Å². The predicted molar refractivity (Wildman–Crippen MR) is 157 cm³/mol. The molecule has 0 saturated carbocycles. The first-order chi connectivity index (χ1) is 17.8. The standard InChI is InChI=1S/C34H23NS/c1-2-9-23(10-3-1)27-14-6-11-25-12-7-15-28(33(25)27)24-19-21-26(22-20-24)35-30-16-8-18-32-34(30)29-13-4-5-17-31(29)36-32/h1-22,35H. The van der Waals surface area contributed by atoms with Gasteiger partial charge < -0.3 is 5.32 Å². The first-order valence-electron chi connectivity index (χ1n) is 12.2. The monoisotopic (exact) mass is 477 g/mol. The molecule has 0 spiro atoms. The molecule has 0 saturated heterocycles. The lowest BCUT2D eigenvalue weighted by atomic mass is 9.91. The van der Waals surface area contributed by atoms with Gasteiger partial charge in [0.1, 0.15) is 0 Å². The number of nitrogens with one attached hydrogen (secondary N) is 1. The number of rotatable bonds is 4. The zero-order valence-corrected chi connectivity index (χ0v) is 20.4. The predicted octanol–water partition coefficient (Wildman–Crippen LogP) is 10.3. The summed E-state index contributed by atoms with van der Waals surface area (Å²) in [5, 5.41) is 8.84. The van der Waals surface area contributed by atoms with Crippen molar-refractivity contribution in [3.8, 4) is 22.3 Å². The van der Waals surface area contributed by atoms with Gasteiger partial charge in [0.2, 0.25) is 0 Å². The molecule has 0 aliphatic rings. The third-order valence-corrected chi connectivity index (χ3v) is 8.00. The van der Waals surface area contributed by atoms with Crippen molar-refractivity contribution in [1.29, 1.82) is 0 Å². The van der Waals surface area contributed by atoms with Crippen molar-refractivity contribution < 1.29 is 0 Å². The Morgan fingerprint density at radius 1 is 0.444 bits per heavy atom. The number of hydrogen-bond donors (Lipinski definition) is 1. The van der Waals surface area contributed by atoms with E-state index in [9.17, 15) is 0 Å². The van der Waals surface area contributed by atoms with Gasteiger partial charge in [0.25, 0.3) is 0 Å². The molecule has 0 fully saturated rings. The van der Waals surface area contributed by atoms with Crippen LogP contribution in [0.15, 0.2) is 133 Å². The van der Waals surface area contributed by atoms with E-state index in [1.165, 1.54) is 53.2 Å². The summed E-state index contributed by atoms with van der Waals surface area (Å²) in [5.74, 6) is 0. The summed E-state index contributed by atoms with van der Waals surface area (Å²) >= 11 is 1.85. The van der Waals surface area contributed by atoms with Crippen molar-refractivity contribution in [1.82, 2.24) is 0 Å².